The van der Waals surface area contributed by atoms with Crippen molar-refractivity contribution < 1.29 is 17.9 Å². The Morgan fingerprint density at radius 2 is 2.05 bits per heavy atom. The van der Waals surface area contributed by atoms with Crippen LogP contribution >= 0.6 is 0 Å². The molecule has 0 spiro atoms. The normalized spacial score (nSPS) is 12.3. The molecule has 0 aromatic carbocycles. The Bertz CT molecular complexity index is 581. The molecular formula is C11H14F3N5O. The van der Waals surface area contributed by atoms with E-state index in [0.29, 0.717) is 23.5 Å². The Labute approximate surface area is 112 Å². The number of nitrogens with zero attached hydrogens (tertiary/aromatic N) is 4. The van der Waals surface area contributed by atoms with Gasteiger partial charge in [-0.2, -0.15) is 17.7 Å². The zero-order chi connectivity index (χ0) is 14.8. The van der Waals surface area contributed by atoms with Gasteiger partial charge in [-0.15, -0.1) is 15.3 Å². The summed E-state index contributed by atoms with van der Waals surface area (Å²) in [4.78, 5) is 0. The molecular weight excluding hydrogens is 275 g/mol. The zero-order valence-electron chi connectivity index (χ0n) is 11.0. The van der Waals surface area contributed by atoms with E-state index in [4.69, 9.17) is 4.74 Å². The summed E-state index contributed by atoms with van der Waals surface area (Å²) in [7, 11) is 0. The molecule has 0 atom stereocenters. The third-order valence-corrected chi connectivity index (χ3v) is 2.38. The van der Waals surface area contributed by atoms with E-state index in [2.05, 4.69) is 20.6 Å². The van der Waals surface area contributed by atoms with Crippen molar-refractivity contribution in [1.29, 1.82) is 0 Å². The van der Waals surface area contributed by atoms with Crippen molar-refractivity contribution in [3.8, 4) is 0 Å². The smallest absolute Gasteiger partial charge is 0.377 e. The molecule has 0 amide bonds. The van der Waals surface area contributed by atoms with E-state index in [-0.39, 0.29) is 11.8 Å². The number of ether oxygens (including phenoxy) is 1. The summed E-state index contributed by atoms with van der Waals surface area (Å²) in [5, 5.41) is 13.2. The number of aromatic nitrogens is 4. The van der Waals surface area contributed by atoms with Crippen molar-refractivity contribution in [3.63, 3.8) is 0 Å². The summed E-state index contributed by atoms with van der Waals surface area (Å²) in [6.45, 7) is 4.68. The van der Waals surface area contributed by atoms with Gasteiger partial charge in [0.25, 0.3) is 5.82 Å². The lowest BCUT2D eigenvalue weighted by Gasteiger charge is -2.09. The molecule has 0 unspecified atom stereocenters. The molecule has 0 radical (unpaired) electrons. The number of nitrogens with one attached hydrogen (secondary N) is 1. The quantitative estimate of drug-likeness (QED) is 0.853. The van der Waals surface area contributed by atoms with Crippen molar-refractivity contribution in [2.75, 3.05) is 18.5 Å². The molecule has 0 aliphatic rings. The Balaban J connectivity index is 2.12. The van der Waals surface area contributed by atoms with Gasteiger partial charge in [0, 0.05) is 6.54 Å². The van der Waals surface area contributed by atoms with Crippen LogP contribution in [-0.2, 0) is 10.9 Å². The van der Waals surface area contributed by atoms with Crippen molar-refractivity contribution in [2.45, 2.75) is 26.1 Å². The molecule has 20 heavy (non-hydrogen) atoms. The molecule has 0 aliphatic heterocycles. The first-order valence-electron chi connectivity index (χ1n) is 6.03. The largest absolute Gasteiger partial charge is 0.453 e. The lowest BCUT2D eigenvalue weighted by molar-refractivity contribution is -0.146. The van der Waals surface area contributed by atoms with E-state index in [0.717, 1.165) is 0 Å². The van der Waals surface area contributed by atoms with Crippen LogP contribution in [-0.4, -0.2) is 39.1 Å². The van der Waals surface area contributed by atoms with Crippen LogP contribution in [0.3, 0.4) is 0 Å². The number of rotatable bonds is 5. The Hall–Kier alpha value is -1.90. The fourth-order valence-corrected chi connectivity index (χ4v) is 1.53. The standard InChI is InChI=1S/C11H14F3N5O/c1-7(2)20-6-5-15-8-3-4-9-16-17-10(11(12,13)14)19(9)18-8/h3-4,7H,5-6H2,1-2H3,(H,15,18). The highest BCUT2D eigenvalue weighted by Crippen LogP contribution is 2.27. The predicted octanol–water partition coefficient (Wildman–Crippen LogP) is 1.98. The maximum Gasteiger partial charge on any atom is 0.453 e. The lowest BCUT2D eigenvalue weighted by atomic mass is 10.4. The van der Waals surface area contributed by atoms with Gasteiger partial charge < -0.3 is 10.1 Å². The van der Waals surface area contributed by atoms with E-state index in [9.17, 15) is 13.2 Å². The summed E-state index contributed by atoms with van der Waals surface area (Å²) in [5.74, 6) is -0.843. The molecule has 0 aliphatic carbocycles. The van der Waals surface area contributed by atoms with Crippen molar-refractivity contribution in [2.24, 2.45) is 0 Å². The average Bonchev–Trinajstić information content (AvgIpc) is 2.77. The topological polar surface area (TPSA) is 64.3 Å². The van der Waals surface area contributed by atoms with Crippen LogP contribution in [0.25, 0.3) is 5.65 Å². The number of halogens is 3. The number of anilines is 1. The van der Waals surface area contributed by atoms with Gasteiger partial charge in [0.2, 0.25) is 0 Å². The number of hydrogen-bond acceptors (Lipinski definition) is 5. The third-order valence-electron chi connectivity index (χ3n) is 2.38. The van der Waals surface area contributed by atoms with Crippen LogP contribution in [0.2, 0.25) is 0 Å². The minimum absolute atomic E-state index is 0.0429. The lowest BCUT2D eigenvalue weighted by Crippen LogP contribution is -2.16. The minimum atomic E-state index is -4.59. The van der Waals surface area contributed by atoms with E-state index >= 15 is 0 Å². The van der Waals surface area contributed by atoms with Crippen LogP contribution < -0.4 is 5.32 Å². The van der Waals surface area contributed by atoms with E-state index < -0.39 is 12.0 Å². The second kappa shape index (κ2) is 5.61. The number of alkyl halides is 3. The molecule has 0 saturated heterocycles. The van der Waals surface area contributed by atoms with Gasteiger partial charge in [0.05, 0.1) is 12.7 Å². The van der Waals surface area contributed by atoms with Gasteiger partial charge >= 0.3 is 6.18 Å². The van der Waals surface area contributed by atoms with Crippen LogP contribution in [0.1, 0.15) is 19.7 Å². The zero-order valence-corrected chi connectivity index (χ0v) is 11.0. The molecule has 6 nitrogen and oxygen atoms in total. The summed E-state index contributed by atoms with van der Waals surface area (Å²) in [6, 6.07) is 2.96. The van der Waals surface area contributed by atoms with Crippen molar-refractivity contribution in [3.05, 3.63) is 18.0 Å². The van der Waals surface area contributed by atoms with Crippen molar-refractivity contribution >= 4 is 11.5 Å². The monoisotopic (exact) mass is 289 g/mol. The summed E-state index contributed by atoms with van der Waals surface area (Å²) in [6.07, 6.45) is -4.49. The highest BCUT2D eigenvalue weighted by molar-refractivity contribution is 5.44. The number of fused-ring (bicyclic) bond motifs is 1. The Morgan fingerprint density at radius 3 is 2.70 bits per heavy atom. The highest BCUT2D eigenvalue weighted by atomic mass is 19.4. The molecule has 0 saturated carbocycles. The van der Waals surface area contributed by atoms with Gasteiger partial charge in [0.1, 0.15) is 5.82 Å². The van der Waals surface area contributed by atoms with Crippen LogP contribution in [0.15, 0.2) is 12.1 Å². The fourth-order valence-electron chi connectivity index (χ4n) is 1.53. The molecule has 0 bridgehead atoms. The number of hydrogen-bond donors (Lipinski definition) is 1. The van der Waals surface area contributed by atoms with Crippen LogP contribution in [0, 0.1) is 0 Å². The van der Waals surface area contributed by atoms with Gasteiger partial charge in [-0.05, 0) is 26.0 Å². The first-order valence-corrected chi connectivity index (χ1v) is 6.03. The van der Waals surface area contributed by atoms with Gasteiger partial charge in [-0.1, -0.05) is 0 Å². The Kier molecular flexibility index (Phi) is 4.07. The van der Waals surface area contributed by atoms with Crippen LogP contribution in [0.5, 0.6) is 0 Å². The SMILES string of the molecule is CC(C)OCCNc1ccc2nnc(C(F)(F)F)n2n1. The van der Waals surface area contributed by atoms with E-state index in [1.54, 1.807) is 6.07 Å². The molecule has 2 heterocycles. The second-order valence-electron chi connectivity index (χ2n) is 4.36. The first-order chi connectivity index (χ1) is 9.38. The molecule has 2 aromatic rings. The Morgan fingerprint density at radius 1 is 1.30 bits per heavy atom. The maximum absolute atomic E-state index is 12.7. The molecule has 0 fully saturated rings. The van der Waals surface area contributed by atoms with Crippen molar-refractivity contribution in [1.82, 2.24) is 19.8 Å². The maximum atomic E-state index is 12.7. The van der Waals surface area contributed by atoms with Gasteiger partial charge in [0.15, 0.2) is 5.65 Å². The van der Waals surface area contributed by atoms with Crippen LogP contribution in [0.4, 0.5) is 19.0 Å². The predicted molar refractivity (Wildman–Crippen MR) is 65.4 cm³/mol. The summed E-state index contributed by atoms with van der Waals surface area (Å²) in [5.41, 5.74) is 0.0429. The van der Waals surface area contributed by atoms with E-state index in [1.807, 2.05) is 13.8 Å². The second-order valence-corrected chi connectivity index (χ2v) is 4.36. The molecule has 9 heteroatoms. The highest BCUT2D eigenvalue weighted by Gasteiger charge is 2.37. The van der Waals surface area contributed by atoms with Gasteiger partial charge in [-0.3, -0.25) is 0 Å². The summed E-state index contributed by atoms with van der Waals surface area (Å²) < 4.78 is 44.0. The van der Waals surface area contributed by atoms with E-state index in [1.165, 1.54) is 6.07 Å². The first kappa shape index (κ1) is 14.5. The molecule has 110 valence electrons. The minimum Gasteiger partial charge on any atom is -0.377 e. The van der Waals surface area contributed by atoms with Gasteiger partial charge in [-0.25, -0.2) is 0 Å². The average molecular weight is 289 g/mol. The third kappa shape index (κ3) is 3.35. The fraction of sp³-hybridized carbons (Fsp3) is 0.545. The molecule has 2 rings (SSSR count). The summed E-state index contributed by atoms with van der Waals surface area (Å²) >= 11 is 0. The molecule has 1 N–H and O–H groups in total. The molecule has 2 aromatic heterocycles.